The van der Waals surface area contributed by atoms with Crippen LogP contribution in [0.4, 0.5) is 0 Å². The summed E-state index contributed by atoms with van der Waals surface area (Å²) in [6.45, 7) is 2.52. The zero-order valence-electron chi connectivity index (χ0n) is 6.15. The molecule has 0 radical (unpaired) electrons. The van der Waals surface area contributed by atoms with Crippen LogP contribution in [0.1, 0.15) is 6.92 Å². The van der Waals surface area contributed by atoms with Gasteiger partial charge in [-0.2, -0.15) is 5.10 Å². The van der Waals surface area contributed by atoms with Crippen molar-refractivity contribution >= 4 is 17.3 Å². The van der Waals surface area contributed by atoms with E-state index in [9.17, 15) is 0 Å². The van der Waals surface area contributed by atoms with E-state index in [2.05, 4.69) is 17.3 Å². The number of ether oxygens (including phenoxy) is 1. The van der Waals surface area contributed by atoms with Crippen LogP contribution in [0, 0.1) is 0 Å². The van der Waals surface area contributed by atoms with Gasteiger partial charge in [-0.15, -0.1) is 0 Å². The van der Waals surface area contributed by atoms with Gasteiger partial charge in [0.25, 0.3) is 0 Å². The summed E-state index contributed by atoms with van der Waals surface area (Å²) in [6, 6.07) is 0. The van der Waals surface area contributed by atoms with Crippen LogP contribution in [0.25, 0.3) is 0 Å². The molecule has 5 heteroatoms. The van der Waals surface area contributed by atoms with Crippen molar-refractivity contribution in [3.63, 3.8) is 0 Å². The Morgan fingerprint density at radius 2 is 2.64 bits per heavy atom. The van der Waals surface area contributed by atoms with E-state index in [1.54, 1.807) is 12.4 Å². The summed E-state index contributed by atoms with van der Waals surface area (Å²) in [7, 11) is 0. The molecule has 1 rings (SSSR count). The van der Waals surface area contributed by atoms with Crippen LogP contribution in [0.3, 0.4) is 0 Å². The second-order valence-corrected chi connectivity index (χ2v) is 2.31. The lowest BCUT2D eigenvalue weighted by atomic mass is 10.6. The second-order valence-electron chi connectivity index (χ2n) is 1.89. The van der Waals surface area contributed by atoms with Crippen LogP contribution in [-0.4, -0.2) is 21.5 Å². The Morgan fingerprint density at radius 3 is 3.09 bits per heavy atom. The summed E-state index contributed by atoms with van der Waals surface area (Å²) in [6.07, 6.45) is 3.22. The minimum atomic E-state index is 0.218. The first kappa shape index (κ1) is 8.00. The van der Waals surface area contributed by atoms with Crippen molar-refractivity contribution in [2.45, 2.75) is 6.92 Å². The molecule has 4 nitrogen and oxygen atoms in total. The average Bonchev–Trinajstić information content (AvgIpc) is 2.37. The van der Waals surface area contributed by atoms with Crippen molar-refractivity contribution in [1.29, 1.82) is 0 Å². The van der Waals surface area contributed by atoms with Gasteiger partial charge in [0.05, 0.1) is 19.0 Å². The van der Waals surface area contributed by atoms with Gasteiger partial charge in [-0.3, -0.25) is 0 Å². The minimum absolute atomic E-state index is 0.218. The van der Waals surface area contributed by atoms with Gasteiger partial charge in [-0.1, -0.05) is 0 Å². The van der Waals surface area contributed by atoms with Crippen molar-refractivity contribution in [3.05, 3.63) is 12.4 Å². The van der Waals surface area contributed by atoms with Gasteiger partial charge in [0.2, 0.25) is 0 Å². The van der Waals surface area contributed by atoms with Crippen LogP contribution >= 0.6 is 12.2 Å². The fourth-order valence-electron chi connectivity index (χ4n) is 0.668. The van der Waals surface area contributed by atoms with Gasteiger partial charge < -0.3 is 10.5 Å². The lowest BCUT2D eigenvalue weighted by Crippen LogP contribution is -2.19. The molecule has 0 atom stereocenters. The fourth-order valence-corrected chi connectivity index (χ4v) is 0.768. The maximum atomic E-state index is 5.30. The van der Waals surface area contributed by atoms with Crippen LogP contribution in [0.15, 0.2) is 12.4 Å². The molecule has 0 aliphatic rings. The highest BCUT2D eigenvalue weighted by molar-refractivity contribution is 7.80. The minimum Gasteiger partial charge on any atom is -0.491 e. The molecule has 1 aromatic rings. The van der Waals surface area contributed by atoms with E-state index >= 15 is 0 Å². The van der Waals surface area contributed by atoms with Crippen molar-refractivity contribution in [3.8, 4) is 5.75 Å². The number of hydrogen-bond donors (Lipinski definition) is 1. The van der Waals surface area contributed by atoms with Crippen LogP contribution in [0.5, 0.6) is 5.75 Å². The summed E-state index contributed by atoms with van der Waals surface area (Å²) in [5.74, 6) is 0.681. The summed E-state index contributed by atoms with van der Waals surface area (Å²) >= 11 is 4.68. The smallest absolute Gasteiger partial charge is 0.191 e. The molecular weight excluding hydrogens is 162 g/mol. The zero-order valence-corrected chi connectivity index (χ0v) is 6.97. The quantitative estimate of drug-likeness (QED) is 0.653. The maximum Gasteiger partial charge on any atom is 0.191 e. The monoisotopic (exact) mass is 171 g/mol. The van der Waals surface area contributed by atoms with E-state index in [0.717, 1.165) is 0 Å². The number of rotatable bonds is 2. The first-order chi connectivity index (χ1) is 5.24. The molecule has 11 heavy (non-hydrogen) atoms. The molecule has 0 spiro atoms. The van der Waals surface area contributed by atoms with E-state index in [1.807, 2.05) is 6.92 Å². The van der Waals surface area contributed by atoms with E-state index in [1.165, 1.54) is 4.68 Å². The van der Waals surface area contributed by atoms with Crippen molar-refractivity contribution in [2.24, 2.45) is 5.73 Å². The van der Waals surface area contributed by atoms with E-state index in [0.29, 0.717) is 12.4 Å². The Labute approximate surface area is 69.9 Å². The first-order valence-electron chi connectivity index (χ1n) is 3.21. The molecular formula is C6H9N3OS. The molecule has 0 aliphatic heterocycles. The Balaban J connectivity index is 2.73. The molecule has 0 saturated heterocycles. The number of nitrogens with two attached hydrogens (primary N) is 1. The molecule has 0 aliphatic carbocycles. The molecule has 2 N–H and O–H groups in total. The lowest BCUT2D eigenvalue weighted by molar-refractivity contribution is 0.340. The second kappa shape index (κ2) is 3.34. The molecule has 1 aromatic heterocycles. The molecule has 60 valence electrons. The Morgan fingerprint density at radius 1 is 1.91 bits per heavy atom. The van der Waals surface area contributed by atoms with Crippen LogP contribution < -0.4 is 10.5 Å². The molecule has 0 fully saturated rings. The van der Waals surface area contributed by atoms with Crippen molar-refractivity contribution in [2.75, 3.05) is 6.61 Å². The van der Waals surface area contributed by atoms with E-state index in [4.69, 9.17) is 10.5 Å². The van der Waals surface area contributed by atoms with E-state index in [-0.39, 0.29) is 5.11 Å². The predicted octanol–water partition coefficient (Wildman–Crippen LogP) is 0.374. The summed E-state index contributed by atoms with van der Waals surface area (Å²) < 4.78 is 6.53. The molecule has 0 saturated carbocycles. The molecule has 1 heterocycles. The van der Waals surface area contributed by atoms with Crippen LogP contribution in [-0.2, 0) is 0 Å². The highest BCUT2D eigenvalue weighted by Gasteiger charge is 1.98. The average molecular weight is 171 g/mol. The van der Waals surface area contributed by atoms with Gasteiger partial charge in [0, 0.05) is 0 Å². The van der Waals surface area contributed by atoms with Gasteiger partial charge in [0.1, 0.15) is 0 Å². The SMILES string of the molecule is CCOc1cnn(C(N)=S)c1. The summed E-state index contributed by atoms with van der Waals surface area (Å²) in [5.41, 5.74) is 5.30. The van der Waals surface area contributed by atoms with Gasteiger partial charge in [-0.25, -0.2) is 4.68 Å². The van der Waals surface area contributed by atoms with Gasteiger partial charge in [-0.05, 0) is 19.1 Å². The normalized spacial score (nSPS) is 9.55. The standard InChI is InChI=1S/C6H9N3OS/c1-2-10-5-3-8-9(4-5)6(7)11/h3-4H,2H2,1H3,(H2,7,11). The third-order valence-electron chi connectivity index (χ3n) is 1.10. The molecule has 0 bridgehead atoms. The number of aromatic nitrogens is 2. The molecule has 0 unspecified atom stereocenters. The summed E-state index contributed by atoms with van der Waals surface area (Å²) in [4.78, 5) is 0. The molecule has 0 amide bonds. The Bertz CT molecular complexity index is 258. The first-order valence-corrected chi connectivity index (χ1v) is 3.62. The largest absolute Gasteiger partial charge is 0.491 e. The number of hydrogen-bond acceptors (Lipinski definition) is 3. The maximum absolute atomic E-state index is 5.30. The lowest BCUT2D eigenvalue weighted by Gasteiger charge is -1.95. The highest BCUT2D eigenvalue weighted by atomic mass is 32.1. The van der Waals surface area contributed by atoms with E-state index < -0.39 is 0 Å². The third-order valence-corrected chi connectivity index (χ3v) is 1.28. The van der Waals surface area contributed by atoms with Crippen LogP contribution in [0.2, 0.25) is 0 Å². The highest BCUT2D eigenvalue weighted by Crippen LogP contribution is 2.06. The van der Waals surface area contributed by atoms with Crippen molar-refractivity contribution < 1.29 is 4.74 Å². The Kier molecular flexibility index (Phi) is 2.43. The van der Waals surface area contributed by atoms with Gasteiger partial charge in [0.15, 0.2) is 10.9 Å². The topological polar surface area (TPSA) is 53.1 Å². The van der Waals surface area contributed by atoms with Gasteiger partial charge >= 0.3 is 0 Å². The number of nitrogens with zero attached hydrogens (tertiary/aromatic N) is 2. The summed E-state index contributed by atoms with van der Waals surface area (Å²) in [5, 5.41) is 4.08. The third kappa shape index (κ3) is 1.91. The number of thiocarbonyl (C=S) groups is 1. The Hall–Kier alpha value is -1.10. The predicted molar refractivity (Wildman–Crippen MR) is 45.6 cm³/mol. The zero-order chi connectivity index (χ0) is 8.27. The fraction of sp³-hybridized carbons (Fsp3) is 0.333. The van der Waals surface area contributed by atoms with Crippen molar-refractivity contribution in [1.82, 2.24) is 9.78 Å². The molecule has 0 aromatic carbocycles.